The van der Waals surface area contributed by atoms with Crippen LogP contribution in [0.25, 0.3) is 0 Å². The van der Waals surface area contributed by atoms with Crippen molar-refractivity contribution in [3.05, 3.63) is 59.7 Å². The number of ether oxygens (including phenoxy) is 1. The zero-order chi connectivity index (χ0) is 15.4. The molecule has 1 aliphatic heterocycles. The lowest BCUT2D eigenvalue weighted by atomic mass is 10.1. The Labute approximate surface area is 132 Å². The lowest BCUT2D eigenvalue weighted by Crippen LogP contribution is -2.28. The third-order valence-electron chi connectivity index (χ3n) is 4.00. The van der Waals surface area contributed by atoms with Gasteiger partial charge in [-0.2, -0.15) is 0 Å². The van der Waals surface area contributed by atoms with Crippen molar-refractivity contribution in [1.82, 2.24) is 4.90 Å². The van der Waals surface area contributed by atoms with E-state index in [1.807, 2.05) is 12.1 Å². The number of rotatable bonds is 3. The van der Waals surface area contributed by atoms with Gasteiger partial charge in [0.1, 0.15) is 17.3 Å². The highest BCUT2D eigenvalue weighted by Gasteiger charge is 2.18. The molecule has 3 heteroatoms. The molecule has 0 unspecified atom stereocenters. The van der Waals surface area contributed by atoms with E-state index in [-0.39, 0.29) is 0 Å². The van der Waals surface area contributed by atoms with Crippen molar-refractivity contribution in [1.29, 1.82) is 0 Å². The molecule has 1 aliphatic rings. The van der Waals surface area contributed by atoms with Crippen LogP contribution in [-0.4, -0.2) is 30.9 Å². The molecule has 2 aromatic carbocycles. The van der Waals surface area contributed by atoms with Gasteiger partial charge >= 0.3 is 0 Å². The summed E-state index contributed by atoms with van der Waals surface area (Å²) >= 11 is 0. The van der Waals surface area contributed by atoms with Crippen LogP contribution < -0.4 is 4.74 Å². The first-order valence-corrected chi connectivity index (χ1v) is 7.81. The Morgan fingerprint density at radius 2 is 1.77 bits per heavy atom. The number of benzene rings is 2. The Bertz CT molecular complexity index is 658. The van der Waals surface area contributed by atoms with E-state index in [0.717, 1.165) is 35.9 Å². The molecule has 1 heterocycles. The van der Waals surface area contributed by atoms with Gasteiger partial charge in [0.15, 0.2) is 0 Å². The summed E-state index contributed by atoms with van der Waals surface area (Å²) in [6, 6.07) is 16.5. The molecule has 0 aliphatic carbocycles. The van der Waals surface area contributed by atoms with E-state index < -0.39 is 0 Å². The summed E-state index contributed by atoms with van der Waals surface area (Å²) in [5.41, 5.74) is 3.24. The summed E-state index contributed by atoms with van der Waals surface area (Å²) in [5.74, 6) is 1.86. The highest BCUT2D eigenvalue weighted by atomic mass is 16.5. The largest absolute Gasteiger partial charge is 0.494 e. The van der Waals surface area contributed by atoms with Crippen LogP contribution in [0.1, 0.15) is 24.0 Å². The number of aryl methyl sites for hydroxylation is 1. The highest BCUT2D eigenvalue weighted by molar-refractivity contribution is 6.00. The number of aliphatic imine (C=N–C) groups is 1. The standard InChI is InChI=1S/C19H22N2O/c1-15-10-11-18(22-2)17(14-15)20-19(21-12-6-7-13-21)16-8-4-3-5-9-16/h3-5,8-11,14H,6-7,12-13H2,1-2H3. The van der Waals surface area contributed by atoms with E-state index in [2.05, 4.69) is 48.2 Å². The first-order chi connectivity index (χ1) is 10.8. The fourth-order valence-corrected chi connectivity index (χ4v) is 2.84. The lowest BCUT2D eigenvalue weighted by Gasteiger charge is -2.21. The van der Waals surface area contributed by atoms with Crippen LogP contribution in [-0.2, 0) is 0 Å². The summed E-state index contributed by atoms with van der Waals surface area (Å²) in [6.07, 6.45) is 2.47. The van der Waals surface area contributed by atoms with Crippen molar-refractivity contribution in [2.24, 2.45) is 4.99 Å². The van der Waals surface area contributed by atoms with Crippen LogP contribution in [0.15, 0.2) is 53.5 Å². The maximum Gasteiger partial charge on any atom is 0.144 e. The topological polar surface area (TPSA) is 24.8 Å². The molecular formula is C19H22N2O. The van der Waals surface area contributed by atoms with Crippen molar-refractivity contribution in [2.75, 3.05) is 20.2 Å². The molecule has 114 valence electrons. The first-order valence-electron chi connectivity index (χ1n) is 7.81. The minimum absolute atomic E-state index is 0.818. The molecular weight excluding hydrogens is 272 g/mol. The second kappa shape index (κ2) is 6.65. The molecule has 2 aromatic rings. The van der Waals surface area contributed by atoms with E-state index in [4.69, 9.17) is 9.73 Å². The smallest absolute Gasteiger partial charge is 0.144 e. The summed E-state index contributed by atoms with van der Waals surface area (Å²) < 4.78 is 5.47. The summed E-state index contributed by atoms with van der Waals surface area (Å²) in [5, 5.41) is 0. The van der Waals surface area contributed by atoms with Gasteiger partial charge in [0.2, 0.25) is 0 Å². The van der Waals surface area contributed by atoms with Gasteiger partial charge < -0.3 is 9.64 Å². The maximum atomic E-state index is 5.47. The zero-order valence-corrected chi connectivity index (χ0v) is 13.2. The molecule has 0 aromatic heterocycles. The average molecular weight is 294 g/mol. The Morgan fingerprint density at radius 3 is 2.45 bits per heavy atom. The van der Waals surface area contributed by atoms with Crippen LogP contribution in [0.2, 0.25) is 0 Å². The SMILES string of the molecule is COc1ccc(C)cc1N=C(c1ccccc1)N1CCCC1. The Kier molecular flexibility index (Phi) is 4.42. The van der Waals surface area contributed by atoms with Gasteiger partial charge in [-0.25, -0.2) is 4.99 Å². The fourth-order valence-electron chi connectivity index (χ4n) is 2.84. The van der Waals surface area contributed by atoms with Crippen LogP contribution in [0.3, 0.4) is 0 Å². The molecule has 0 atom stereocenters. The summed E-state index contributed by atoms with van der Waals surface area (Å²) in [4.78, 5) is 7.33. The summed E-state index contributed by atoms with van der Waals surface area (Å²) in [7, 11) is 1.70. The lowest BCUT2D eigenvalue weighted by molar-refractivity contribution is 0.416. The highest BCUT2D eigenvalue weighted by Crippen LogP contribution is 2.30. The van der Waals surface area contributed by atoms with E-state index >= 15 is 0 Å². The van der Waals surface area contributed by atoms with Crippen LogP contribution in [0.4, 0.5) is 5.69 Å². The number of likely N-dealkylation sites (tertiary alicyclic amines) is 1. The Hall–Kier alpha value is -2.29. The second-order valence-electron chi connectivity index (χ2n) is 5.67. The molecule has 1 saturated heterocycles. The third-order valence-corrected chi connectivity index (χ3v) is 4.00. The number of nitrogens with zero attached hydrogens (tertiary/aromatic N) is 2. The molecule has 0 N–H and O–H groups in total. The predicted molar refractivity (Wildman–Crippen MR) is 91.2 cm³/mol. The van der Waals surface area contributed by atoms with E-state index in [1.165, 1.54) is 18.4 Å². The maximum absolute atomic E-state index is 5.47. The molecule has 22 heavy (non-hydrogen) atoms. The number of hydrogen-bond donors (Lipinski definition) is 0. The van der Waals surface area contributed by atoms with Crippen LogP contribution in [0, 0.1) is 6.92 Å². The minimum atomic E-state index is 0.818. The first kappa shape index (κ1) is 14.6. The van der Waals surface area contributed by atoms with Crippen molar-refractivity contribution in [3.63, 3.8) is 0 Å². The molecule has 0 spiro atoms. The fraction of sp³-hybridized carbons (Fsp3) is 0.316. The normalized spacial score (nSPS) is 15.2. The average Bonchev–Trinajstić information content (AvgIpc) is 3.08. The van der Waals surface area contributed by atoms with Crippen LogP contribution in [0.5, 0.6) is 5.75 Å². The monoisotopic (exact) mass is 294 g/mol. The minimum Gasteiger partial charge on any atom is -0.494 e. The van der Waals surface area contributed by atoms with E-state index in [1.54, 1.807) is 7.11 Å². The number of methoxy groups -OCH3 is 1. The molecule has 0 bridgehead atoms. The Morgan fingerprint density at radius 1 is 1.05 bits per heavy atom. The number of amidine groups is 1. The van der Waals surface area contributed by atoms with Crippen molar-refractivity contribution in [3.8, 4) is 5.75 Å². The molecule has 0 saturated carbocycles. The van der Waals surface area contributed by atoms with Crippen molar-refractivity contribution < 1.29 is 4.74 Å². The van der Waals surface area contributed by atoms with Crippen molar-refractivity contribution >= 4 is 11.5 Å². The summed E-state index contributed by atoms with van der Waals surface area (Å²) in [6.45, 7) is 4.22. The van der Waals surface area contributed by atoms with Crippen LogP contribution >= 0.6 is 0 Å². The molecule has 3 nitrogen and oxygen atoms in total. The number of hydrogen-bond acceptors (Lipinski definition) is 2. The zero-order valence-electron chi connectivity index (χ0n) is 13.2. The van der Waals surface area contributed by atoms with Gasteiger partial charge in [0.25, 0.3) is 0 Å². The van der Waals surface area contributed by atoms with Gasteiger partial charge in [-0.3, -0.25) is 0 Å². The molecule has 1 fully saturated rings. The van der Waals surface area contributed by atoms with Gasteiger partial charge in [-0.05, 0) is 37.5 Å². The van der Waals surface area contributed by atoms with Gasteiger partial charge in [0, 0.05) is 18.7 Å². The van der Waals surface area contributed by atoms with Gasteiger partial charge in [-0.15, -0.1) is 0 Å². The van der Waals surface area contributed by atoms with E-state index in [0.29, 0.717) is 0 Å². The Balaban J connectivity index is 2.07. The third kappa shape index (κ3) is 3.14. The van der Waals surface area contributed by atoms with E-state index in [9.17, 15) is 0 Å². The van der Waals surface area contributed by atoms with Crippen molar-refractivity contribution in [2.45, 2.75) is 19.8 Å². The van der Waals surface area contributed by atoms with Gasteiger partial charge in [-0.1, -0.05) is 36.4 Å². The second-order valence-corrected chi connectivity index (χ2v) is 5.67. The molecule has 3 rings (SSSR count). The molecule has 0 radical (unpaired) electrons. The van der Waals surface area contributed by atoms with Gasteiger partial charge in [0.05, 0.1) is 7.11 Å². The quantitative estimate of drug-likeness (QED) is 0.626. The predicted octanol–water partition coefficient (Wildman–Crippen LogP) is 4.18. The molecule has 0 amide bonds.